The first-order valence-corrected chi connectivity index (χ1v) is 6.41. The minimum absolute atomic E-state index is 0.670. The SMILES string of the molecule is CC(C)CNCc1cnc(N(C)C2CC2)cn1. The molecule has 94 valence electrons. The van der Waals surface area contributed by atoms with Crippen molar-refractivity contribution < 1.29 is 0 Å². The Balaban J connectivity index is 1.84. The summed E-state index contributed by atoms with van der Waals surface area (Å²) >= 11 is 0. The number of anilines is 1. The molecule has 0 amide bonds. The second-order valence-electron chi connectivity index (χ2n) is 5.23. The lowest BCUT2D eigenvalue weighted by Gasteiger charge is -2.16. The molecule has 0 saturated heterocycles. The quantitative estimate of drug-likeness (QED) is 0.815. The molecule has 1 N–H and O–H groups in total. The molecule has 0 radical (unpaired) electrons. The fourth-order valence-corrected chi connectivity index (χ4v) is 1.76. The molecule has 4 nitrogen and oxygen atoms in total. The molecule has 1 heterocycles. The zero-order chi connectivity index (χ0) is 12.3. The molecule has 2 rings (SSSR count). The summed E-state index contributed by atoms with van der Waals surface area (Å²) in [6.45, 7) is 6.22. The molecular formula is C13H22N4. The first kappa shape index (κ1) is 12.3. The van der Waals surface area contributed by atoms with Crippen LogP contribution in [0.25, 0.3) is 0 Å². The van der Waals surface area contributed by atoms with Crippen molar-refractivity contribution in [2.45, 2.75) is 39.3 Å². The van der Waals surface area contributed by atoms with Crippen LogP contribution in [0, 0.1) is 5.92 Å². The first-order chi connectivity index (χ1) is 8.16. The van der Waals surface area contributed by atoms with Crippen LogP contribution in [0.1, 0.15) is 32.4 Å². The molecule has 0 aliphatic heterocycles. The maximum absolute atomic E-state index is 4.46. The monoisotopic (exact) mass is 234 g/mol. The number of hydrogen-bond donors (Lipinski definition) is 1. The van der Waals surface area contributed by atoms with Crippen molar-refractivity contribution >= 4 is 5.82 Å². The molecule has 0 unspecified atom stereocenters. The lowest BCUT2D eigenvalue weighted by Crippen LogP contribution is -2.22. The van der Waals surface area contributed by atoms with Gasteiger partial charge in [-0.15, -0.1) is 0 Å². The summed E-state index contributed by atoms with van der Waals surface area (Å²) in [5, 5.41) is 3.37. The van der Waals surface area contributed by atoms with Gasteiger partial charge in [0.1, 0.15) is 5.82 Å². The number of nitrogens with one attached hydrogen (secondary N) is 1. The van der Waals surface area contributed by atoms with Crippen molar-refractivity contribution in [2.75, 3.05) is 18.5 Å². The van der Waals surface area contributed by atoms with E-state index in [0.29, 0.717) is 12.0 Å². The van der Waals surface area contributed by atoms with Crippen molar-refractivity contribution in [3.63, 3.8) is 0 Å². The maximum atomic E-state index is 4.46. The lowest BCUT2D eigenvalue weighted by molar-refractivity contribution is 0.547. The Morgan fingerprint density at radius 2 is 2.12 bits per heavy atom. The fraction of sp³-hybridized carbons (Fsp3) is 0.692. The van der Waals surface area contributed by atoms with Crippen LogP contribution in [0.5, 0.6) is 0 Å². The van der Waals surface area contributed by atoms with Crippen molar-refractivity contribution in [2.24, 2.45) is 5.92 Å². The Labute approximate surface area is 103 Å². The summed E-state index contributed by atoms with van der Waals surface area (Å²) in [6, 6.07) is 0.689. The van der Waals surface area contributed by atoms with Gasteiger partial charge in [0.25, 0.3) is 0 Å². The topological polar surface area (TPSA) is 41.1 Å². The van der Waals surface area contributed by atoms with Gasteiger partial charge >= 0.3 is 0 Å². The van der Waals surface area contributed by atoms with Gasteiger partial charge in [0.2, 0.25) is 0 Å². The van der Waals surface area contributed by atoms with Gasteiger partial charge in [-0.25, -0.2) is 4.98 Å². The third kappa shape index (κ3) is 3.66. The molecule has 1 aliphatic carbocycles. The minimum Gasteiger partial charge on any atom is -0.355 e. The number of nitrogens with zero attached hydrogens (tertiary/aromatic N) is 3. The van der Waals surface area contributed by atoms with E-state index < -0.39 is 0 Å². The minimum atomic E-state index is 0.670. The van der Waals surface area contributed by atoms with E-state index in [1.807, 2.05) is 12.4 Å². The molecule has 1 aliphatic rings. The Kier molecular flexibility index (Phi) is 3.94. The van der Waals surface area contributed by atoms with Gasteiger partial charge in [0.15, 0.2) is 0 Å². The molecule has 0 atom stereocenters. The molecule has 0 bridgehead atoms. The van der Waals surface area contributed by atoms with Gasteiger partial charge in [-0.2, -0.15) is 0 Å². The molecule has 0 aromatic carbocycles. The largest absolute Gasteiger partial charge is 0.355 e. The van der Waals surface area contributed by atoms with Crippen LogP contribution in [0.15, 0.2) is 12.4 Å². The first-order valence-electron chi connectivity index (χ1n) is 6.41. The van der Waals surface area contributed by atoms with E-state index >= 15 is 0 Å². The van der Waals surface area contributed by atoms with Crippen LogP contribution in [-0.4, -0.2) is 29.6 Å². The van der Waals surface area contributed by atoms with Crippen molar-refractivity contribution in [3.05, 3.63) is 18.1 Å². The van der Waals surface area contributed by atoms with Crippen LogP contribution >= 0.6 is 0 Å². The van der Waals surface area contributed by atoms with E-state index in [2.05, 4.69) is 41.1 Å². The summed E-state index contributed by atoms with van der Waals surface area (Å²) < 4.78 is 0. The third-order valence-corrected chi connectivity index (χ3v) is 3.01. The van der Waals surface area contributed by atoms with Gasteiger partial charge < -0.3 is 10.2 Å². The highest BCUT2D eigenvalue weighted by molar-refractivity contribution is 5.37. The summed E-state index contributed by atoms with van der Waals surface area (Å²) in [4.78, 5) is 11.1. The van der Waals surface area contributed by atoms with Crippen LogP contribution < -0.4 is 10.2 Å². The van der Waals surface area contributed by atoms with Crippen molar-refractivity contribution in [3.8, 4) is 0 Å². The van der Waals surface area contributed by atoms with E-state index in [1.165, 1.54) is 12.8 Å². The fourth-order valence-electron chi connectivity index (χ4n) is 1.76. The normalized spacial score (nSPS) is 15.3. The van der Waals surface area contributed by atoms with Crippen LogP contribution in [-0.2, 0) is 6.54 Å². The molecule has 17 heavy (non-hydrogen) atoms. The maximum Gasteiger partial charge on any atom is 0.147 e. The van der Waals surface area contributed by atoms with Crippen LogP contribution in [0.3, 0.4) is 0 Å². The van der Waals surface area contributed by atoms with E-state index in [4.69, 9.17) is 0 Å². The van der Waals surface area contributed by atoms with E-state index in [-0.39, 0.29) is 0 Å². The van der Waals surface area contributed by atoms with E-state index in [0.717, 1.165) is 24.6 Å². The Morgan fingerprint density at radius 1 is 1.35 bits per heavy atom. The summed E-state index contributed by atoms with van der Waals surface area (Å²) in [6.07, 6.45) is 6.33. The second-order valence-corrected chi connectivity index (χ2v) is 5.23. The van der Waals surface area contributed by atoms with Crippen molar-refractivity contribution in [1.29, 1.82) is 0 Å². The molecule has 1 fully saturated rings. The van der Waals surface area contributed by atoms with Crippen LogP contribution in [0.4, 0.5) is 5.82 Å². The smallest absolute Gasteiger partial charge is 0.147 e. The predicted molar refractivity (Wildman–Crippen MR) is 70.0 cm³/mol. The molecule has 1 aromatic heterocycles. The van der Waals surface area contributed by atoms with Gasteiger partial charge in [0.05, 0.1) is 18.1 Å². The highest BCUT2D eigenvalue weighted by Gasteiger charge is 2.27. The summed E-state index contributed by atoms with van der Waals surface area (Å²) in [5.41, 5.74) is 1.01. The number of hydrogen-bond acceptors (Lipinski definition) is 4. The Bertz CT molecular complexity index is 343. The summed E-state index contributed by atoms with van der Waals surface area (Å²) in [7, 11) is 2.10. The summed E-state index contributed by atoms with van der Waals surface area (Å²) in [5.74, 6) is 1.66. The Morgan fingerprint density at radius 3 is 2.65 bits per heavy atom. The van der Waals surface area contributed by atoms with Gasteiger partial charge in [-0.1, -0.05) is 13.8 Å². The third-order valence-electron chi connectivity index (χ3n) is 3.01. The predicted octanol–water partition coefficient (Wildman–Crippen LogP) is 1.82. The van der Waals surface area contributed by atoms with E-state index in [1.54, 1.807) is 0 Å². The van der Waals surface area contributed by atoms with Gasteiger partial charge in [-0.05, 0) is 25.3 Å². The highest BCUT2D eigenvalue weighted by atomic mass is 15.2. The molecule has 1 aromatic rings. The van der Waals surface area contributed by atoms with Gasteiger partial charge in [-0.3, -0.25) is 4.98 Å². The standard InChI is InChI=1S/C13H22N4/c1-10(2)6-14-7-11-8-16-13(9-15-11)17(3)12-4-5-12/h8-10,12,14H,4-7H2,1-3H3. The van der Waals surface area contributed by atoms with E-state index in [9.17, 15) is 0 Å². The molecule has 0 spiro atoms. The molecular weight excluding hydrogens is 212 g/mol. The number of rotatable bonds is 6. The Hall–Kier alpha value is -1.16. The van der Waals surface area contributed by atoms with Gasteiger partial charge in [0, 0.05) is 19.6 Å². The van der Waals surface area contributed by atoms with Crippen molar-refractivity contribution in [1.82, 2.24) is 15.3 Å². The van der Waals surface area contributed by atoms with Crippen LogP contribution in [0.2, 0.25) is 0 Å². The average molecular weight is 234 g/mol. The lowest BCUT2D eigenvalue weighted by atomic mass is 10.2. The highest BCUT2D eigenvalue weighted by Crippen LogP contribution is 2.28. The zero-order valence-electron chi connectivity index (χ0n) is 11.0. The number of aromatic nitrogens is 2. The zero-order valence-corrected chi connectivity index (χ0v) is 11.0. The molecule has 1 saturated carbocycles. The molecule has 4 heteroatoms. The second kappa shape index (κ2) is 5.45. The average Bonchev–Trinajstić information content (AvgIpc) is 3.12.